The van der Waals surface area contributed by atoms with E-state index in [9.17, 15) is 14.0 Å². The lowest BCUT2D eigenvalue weighted by molar-refractivity contribution is -0.143. The molecule has 7 heteroatoms. The minimum Gasteiger partial charge on any atom is -0.484 e. The van der Waals surface area contributed by atoms with Crippen LogP contribution >= 0.6 is 11.6 Å². The summed E-state index contributed by atoms with van der Waals surface area (Å²) < 4.78 is 18.5. The second-order valence-corrected chi connectivity index (χ2v) is 7.04. The third kappa shape index (κ3) is 7.06. The van der Waals surface area contributed by atoms with Crippen molar-refractivity contribution < 1.29 is 18.7 Å². The van der Waals surface area contributed by atoms with E-state index in [4.69, 9.17) is 16.3 Å². The minimum atomic E-state index is -0.624. The molecule has 29 heavy (non-hydrogen) atoms. The van der Waals surface area contributed by atoms with Crippen molar-refractivity contribution in [3.63, 3.8) is 0 Å². The molecule has 0 aliphatic rings. The van der Waals surface area contributed by atoms with Crippen molar-refractivity contribution in [1.29, 1.82) is 0 Å². The van der Waals surface area contributed by atoms with Gasteiger partial charge in [-0.25, -0.2) is 4.39 Å². The number of nitrogens with zero attached hydrogens (tertiary/aromatic N) is 1. The Kier molecular flexibility index (Phi) is 8.93. The first-order chi connectivity index (χ1) is 13.9. The van der Waals surface area contributed by atoms with Gasteiger partial charge >= 0.3 is 0 Å². The molecule has 0 aliphatic carbocycles. The van der Waals surface area contributed by atoms with Crippen LogP contribution in [0.5, 0.6) is 5.75 Å². The number of benzene rings is 2. The fourth-order valence-corrected chi connectivity index (χ4v) is 2.96. The van der Waals surface area contributed by atoms with Gasteiger partial charge in [-0.2, -0.15) is 0 Å². The minimum absolute atomic E-state index is 0.196. The van der Waals surface area contributed by atoms with Crippen molar-refractivity contribution in [2.24, 2.45) is 0 Å². The molecule has 1 atom stereocenters. The average molecular weight is 421 g/mol. The van der Waals surface area contributed by atoms with Crippen LogP contribution in [-0.2, 0) is 16.1 Å². The standard InChI is InChI=1S/C22H26ClFN2O3/c1-3-13-25-22(28)20(4-2)26(14-16-5-7-17(23)8-6-16)21(27)15-29-19-11-9-18(24)10-12-19/h5-12,20H,3-4,13-15H2,1-2H3,(H,25,28)/t20-/m0/s1. The molecule has 0 radical (unpaired) electrons. The van der Waals surface area contributed by atoms with Crippen LogP contribution in [0.2, 0.25) is 5.02 Å². The Balaban J connectivity index is 2.16. The molecule has 0 fully saturated rings. The van der Waals surface area contributed by atoms with Crippen LogP contribution in [0.15, 0.2) is 48.5 Å². The monoisotopic (exact) mass is 420 g/mol. The molecule has 0 bridgehead atoms. The molecule has 0 aromatic heterocycles. The van der Waals surface area contributed by atoms with Crippen molar-refractivity contribution in [1.82, 2.24) is 10.2 Å². The summed E-state index contributed by atoms with van der Waals surface area (Å²) in [4.78, 5) is 27.1. The van der Waals surface area contributed by atoms with Gasteiger partial charge in [-0.05, 0) is 54.8 Å². The first-order valence-corrected chi connectivity index (χ1v) is 10.0. The predicted octanol–water partition coefficient (Wildman–Crippen LogP) is 4.19. The Bertz CT molecular complexity index is 797. The zero-order valence-corrected chi connectivity index (χ0v) is 17.4. The normalized spacial score (nSPS) is 11.6. The van der Waals surface area contributed by atoms with Crippen LogP contribution in [0, 0.1) is 5.82 Å². The molecule has 0 aliphatic heterocycles. The van der Waals surface area contributed by atoms with E-state index in [-0.39, 0.29) is 30.8 Å². The summed E-state index contributed by atoms with van der Waals surface area (Å²) in [5.74, 6) is -0.525. The smallest absolute Gasteiger partial charge is 0.261 e. The number of hydrogen-bond donors (Lipinski definition) is 1. The number of carbonyl (C=O) groups is 2. The Morgan fingerprint density at radius 2 is 1.76 bits per heavy atom. The lowest BCUT2D eigenvalue weighted by Gasteiger charge is -2.30. The molecule has 2 rings (SSSR count). The van der Waals surface area contributed by atoms with Crippen LogP contribution in [0.4, 0.5) is 4.39 Å². The third-order valence-corrected chi connectivity index (χ3v) is 4.63. The highest BCUT2D eigenvalue weighted by molar-refractivity contribution is 6.30. The molecule has 0 unspecified atom stereocenters. The number of nitrogens with one attached hydrogen (secondary N) is 1. The van der Waals surface area contributed by atoms with Gasteiger partial charge in [-0.3, -0.25) is 9.59 Å². The van der Waals surface area contributed by atoms with Gasteiger partial charge in [0, 0.05) is 18.1 Å². The number of hydrogen-bond acceptors (Lipinski definition) is 3. The molecule has 0 saturated heterocycles. The van der Waals surface area contributed by atoms with Gasteiger partial charge < -0.3 is 15.0 Å². The van der Waals surface area contributed by atoms with Gasteiger partial charge in [0.1, 0.15) is 17.6 Å². The molecule has 2 aromatic rings. The first-order valence-electron chi connectivity index (χ1n) is 9.64. The maximum absolute atomic E-state index is 13.0. The topological polar surface area (TPSA) is 58.6 Å². The van der Waals surface area contributed by atoms with E-state index in [1.807, 2.05) is 26.0 Å². The molecular weight excluding hydrogens is 395 g/mol. The van der Waals surface area contributed by atoms with E-state index in [1.54, 1.807) is 12.1 Å². The summed E-state index contributed by atoms with van der Waals surface area (Å²) in [6.07, 6.45) is 1.27. The Morgan fingerprint density at radius 1 is 1.10 bits per heavy atom. The third-order valence-electron chi connectivity index (χ3n) is 4.38. The number of rotatable bonds is 10. The molecular formula is C22H26ClFN2O3. The van der Waals surface area contributed by atoms with Gasteiger partial charge in [0.05, 0.1) is 0 Å². The molecule has 5 nitrogen and oxygen atoms in total. The van der Waals surface area contributed by atoms with Crippen LogP contribution in [0.1, 0.15) is 32.3 Å². The summed E-state index contributed by atoms with van der Waals surface area (Å²) in [7, 11) is 0. The Morgan fingerprint density at radius 3 is 2.34 bits per heavy atom. The highest BCUT2D eigenvalue weighted by Crippen LogP contribution is 2.16. The van der Waals surface area contributed by atoms with Crippen molar-refractivity contribution in [2.45, 2.75) is 39.3 Å². The van der Waals surface area contributed by atoms with Gasteiger partial charge in [0.2, 0.25) is 5.91 Å². The zero-order valence-electron chi connectivity index (χ0n) is 16.7. The first kappa shape index (κ1) is 22.7. The Hall–Kier alpha value is -2.60. The van der Waals surface area contributed by atoms with Crippen molar-refractivity contribution in [2.75, 3.05) is 13.2 Å². The fraction of sp³-hybridized carbons (Fsp3) is 0.364. The number of ether oxygens (including phenoxy) is 1. The van der Waals surface area contributed by atoms with Crippen LogP contribution < -0.4 is 10.1 Å². The van der Waals surface area contributed by atoms with Gasteiger partial charge in [-0.15, -0.1) is 0 Å². The molecule has 0 spiro atoms. The maximum Gasteiger partial charge on any atom is 0.261 e. The summed E-state index contributed by atoms with van der Waals surface area (Å²) in [5.41, 5.74) is 0.853. The average Bonchev–Trinajstić information content (AvgIpc) is 2.72. The molecule has 1 N–H and O–H groups in total. The van der Waals surface area contributed by atoms with E-state index in [2.05, 4.69) is 5.32 Å². The van der Waals surface area contributed by atoms with Gasteiger partial charge in [0.25, 0.3) is 5.91 Å². The van der Waals surface area contributed by atoms with E-state index >= 15 is 0 Å². The van der Waals surface area contributed by atoms with Gasteiger partial charge in [-0.1, -0.05) is 37.6 Å². The largest absolute Gasteiger partial charge is 0.484 e. The molecule has 156 valence electrons. The molecule has 2 aromatic carbocycles. The second kappa shape index (κ2) is 11.4. The lowest BCUT2D eigenvalue weighted by atomic mass is 10.1. The second-order valence-electron chi connectivity index (χ2n) is 6.61. The summed E-state index contributed by atoms with van der Waals surface area (Å²) in [6, 6.07) is 11.9. The van der Waals surface area contributed by atoms with E-state index in [1.165, 1.54) is 29.2 Å². The van der Waals surface area contributed by atoms with E-state index < -0.39 is 6.04 Å². The lowest BCUT2D eigenvalue weighted by Crippen LogP contribution is -2.50. The van der Waals surface area contributed by atoms with Crippen molar-refractivity contribution >= 4 is 23.4 Å². The van der Waals surface area contributed by atoms with Crippen molar-refractivity contribution in [3.8, 4) is 5.75 Å². The molecule has 0 heterocycles. The quantitative estimate of drug-likeness (QED) is 0.627. The van der Waals surface area contributed by atoms with Crippen LogP contribution in [-0.4, -0.2) is 35.9 Å². The Labute approximate surface area is 175 Å². The van der Waals surface area contributed by atoms with Gasteiger partial charge in [0.15, 0.2) is 6.61 Å². The summed E-state index contributed by atoms with van der Waals surface area (Å²) >= 11 is 5.95. The molecule has 2 amide bonds. The zero-order chi connectivity index (χ0) is 21.2. The van der Waals surface area contributed by atoms with E-state index in [0.29, 0.717) is 23.7 Å². The predicted molar refractivity (Wildman–Crippen MR) is 111 cm³/mol. The summed E-state index contributed by atoms with van der Waals surface area (Å²) in [5, 5.41) is 3.45. The maximum atomic E-state index is 13.0. The summed E-state index contributed by atoms with van der Waals surface area (Å²) in [6.45, 7) is 4.37. The van der Waals surface area contributed by atoms with Crippen molar-refractivity contribution in [3.05, 3.63) is 64.9 Å². The molecule has 0 saturated carbocycles. The number of halogens is 2. The number of carbonyl (C=O) groups excluding carboxylic acids is 2. The number of amides is 2. The highest BCUT2D eigenvalue weighted by atomic mass is 35.5. The highest BCUT2D eigenvalue weighted by Gasteiger charge is 2.28. The van der Waals surface area contributed by atoms with Crippen LogP contribution in [0.25, 0.3) is 0 Å². The van der Waals surface area contributed by atoms with Crippen LogP contribution in [0.3, 0.4) is 0 Å². The fourth-order valence-electron chi connectivity index (χ4n) is 2.83. The van der Waals surface area contributed by atoms with E-state index in [0.717, 1.165) is 12.0 Å². The SMILES string of the molecule is CCCNC(=O)[C@H](CC)N(Cc1ccc(Cl)cc1)C(=O)COc1ccc(F)cc1.